The number of carbonyl (C=O) groups is 1. The number of aryl methyl sites for hydroxylation is 1. The third kappa shape index (κ3) is 4.95. The number of aromatic hydroxyl groups is 1. The molecule has 6 nitrogen and oxygen atoms in total. The number of aromatic nitrogens is 2. The molecule has 0 bridgehead atoms. The predicted molar refractivity (Wildman–Crippen MR) is 92.4 cm³/mol. The van der Waals surface area contributed by atoms with Crippen molar-refractivity contribution in [3.05, 3.63) is 41.7 Å². The van der Waals surface area contributed by atoms with Gasteiger partial charge in [0, 0.05) is 36.6 Å². The number of hydrogen-bond acceptors (Lipinski definition) is 4. The molecular weight excluding hydrogens is 424 g/mol. The number of pyridine rings is 1. The smallest absolute Gasteiger partial charge is 0.303 e. The topological polar surface area (TPSA) is 87.4 Å². The molecule has 0 aliphatic rings. The molecule has 2 N–H and O–H groups in total. The largest absolute Gasteiger partial charge is 1.00 e. The van der Waals surface area contributed by atoms with Crippen LogP contribution in [0.4, 0.5) is 0 Å². The fourth-order valence-corrected chi connectivity index (χ4v) is 2.72. The number of unbranched alkanes of at least 4 members (excludes halogenated alkanes) is 2. The van der Waals surface area contributed by atoms with Crippen LogP contribution in [0.15, 0.2) is 41.1 Å². The van der Waals surface area contributed by atoms with Crippen molar-refractivity contribution in [2.75, 3.05) is 0 Å². The van der Waals surface area contributed by atoms with Gasteiger partial charge in [-0.3, -0.25) is 4.79 Å². The third-order valence-electron chi connectivity index (χ3n) is 3.90. The van der Waals surface area contributed by atoms with Gasteiger partial charge >= 0.3 is 5.97 Å². The summed E-state index contributed by atoms with van der Waals surface area (Å²) in [6, 6.07) is 6.83. The number of oxazole rings is 1. The van der Waals surface area contributed by atoms with Crippen LogP contribution in [0.2, 0.25) is 5.02 Å². The van der Waals surface area contributed by atoms with Crippen LogP contribution in [0.3, 0.4) is 0 Å². The van der Waals surface area contributed by atoms with Crippen LogP contribution in [0.5, 0.6) is 5.75 Å². The van der Waals surface area contributed by atoms with E-state index in [1.54, 1.807) is 6.07 Å². The van der Waals surface area contributed by atoms with Gasteiger partial charge in [0.15, 0.2) is 18.0 Å². The van der Waals surface area contributed by atoms with Gasteiger partial charge in [-0.25, -0.2) is 9.55 Å². The Morgan fingerprint density at radius 2 is 1.92 bits per heavy atom. The van der Waals surface area contributed by atoms with E-state index in [9.17, 15) is 9.90 Å². The number of benzene rings is 1. The zero-order valence-corrected chi connectivity index (χ0v) is 16.2. The lowest BCUT2D eigenvalue weighted by molar-refractivity contribution is -0.697. The molecule has 0 saturated carbocycles. The highest BCUT2D eigenvalue weighted by molar-refractivity contribution is 6.32. The first kappa shape index (κ1) is 20.2. The van der Waals surface area contributed by atoms with E-state index in [1.165, 1.54) is 6.07 Å². The Hall–Kier alpha value is -2.12. The molecule has 0 spiro atoms. The van der Waals surface area contributed by atoms with E-state index in [1.807, 2.05) is 29.1 Å². The number of hydrogen-bond donors (Lipinski definition) is 2. The fraction of sp³-hybridized carbons (Fsp3) is 0.278. The van der Waals surface area contributed by atoms with Crippen molar-refractivity contribution in [2.24, 2.45) is 0 Å². The number of halogens is 2. The molecule has 0 radical (unpaired) electrons. The summed E-state index contributed by atoms with van der Waals surface area (Å²) in [5.74, 6) is -0.319. The quantitative estimate of drug-likeness (QED) is 0.418. The van der Waals surface area contributed by atoms with Gasteiger partial charge in [0.25, 0.3) is 0 Å². The Labute approximate surface area is 165 Å². The number of carboxylic acid groups (broad SMARTS) is 1. The van der Waals surface area contributed by atoms with E-state index in [4.69, 9.17) is 21.1 Å². The van der Waals surface area contributed by atoms with Crippen molar-refractivity contribution in [1.29, 1.82) is 0 Å². The van der Waals surface area contributed by atoms with Crippen molar-refractivity contribution < 1.29 is 41.0 Å². The molecule has 3 rings (SSSR count). The molecule has 26 heavy (non-hydrogen) atoms. The van der Waals surface area contributed by atoms with Crippen molar-refractivity contribution in [3.8, 4) is 17.2 Å². The molecule has 1 aromatic carbocycles. The molecule has 3 aromatic rings. The zero-order valence-electron chi connectivity index (χ0n) is 13.9. The number of phenols is 1. The Balaban J connectivity index is 0.00000243. The first-order chi connectivity index (χ1) is 12.0. The summed E-state index contributed by atoms with van der Waals surface area (Å²) in [6.45, 7) is 0.830. The minimum absolute atomic E-state index is 0. The highest BCUT2D eigenvalue weighted by Crippen LogP contribution is 2.31. The number of rotatable bonds is 7. The molecule has 8 heteroatoms. The second-order valence-corrected chi connectivity index (χ2v) is 6.23. The molecule has 0 saturated heterocycles. The van der Waals surface area contributed by atoms with Gasteiger partial charge < -0.3 is 31.6 Å². The molecule has 0 atom stereocenters. The molecule has 0 aliphatic carbocycles. The third-order valence-corrected chi connectivity index (χ3v) is 4.20. The lowest BCUT2D eigenvalue weighted by Gasteiger charge is -1.98. The standard InChI is InChI=1S/C18H17ClN2O4.BrH/c19-13-10-14-16(11-15(13)22)25-18(20-14)12-5-8-21(9-6-12)7-3-1-2-4-17(23)24;/h5-6,8-11H,1-4,7H2,(H,23,24);1H. The second-order valence-electron chi connectivity index (χ2n) is 5.82. The molecule has 0 amide bonds. The Morgan fingerprint density at radius 3 is 2.62 bits per heavy atom. The van der Waals surface area contributed by atoms with Gasteiger partial charge in [-0.2, -0.15) is 0 Å². The van der Waals surface area contributed by atoms with E-state index in [0.29, 0.717) is 23.4 Å². The molecule has 2 heterocycles. The summed E-state index contributed by atoms with van der Waals surface area (Å²) in [4.78, 5) is 14.9. The monoisotopic (exact) mass is 440 g/mol. The number of aliphatic carboxylic acids is 1. The lowest BCUT2D eigenvalue weighted by atomic mass is 10.2. The maximum Gasteiger partial charge on any atom is 0.303 e. The average molecular weight is 442 g/mol. The summed E-state index contributed by atoms with van der Waals surface area (Å²) < 4.78 is 7.71. The summed E-state index contributed by atoms with van der Waals surface area (Å²) in [6.07, 6.45) is 6.61. The Morgan fingerprint density at radius 1 is 1.19 bits per heavy atom. The van der Waals surface area contributed by atoms with Crippen LogP contribution in [0, 0.1) is 0 Å². The highest BCUT2D eigenvalue weighted by Gasteiger charge is 2.12. The van der Waals surface area contributed by atoms with Crippen molar-refractivity contribution in [2.45, 2.75) is 32.2 Å². The molecule has 138 valence electrons. The molecule has 2 aromatic heterocycles. The van der Waals surface area contributed by atoms with Crippen LogP contribution in [-0.2, 0) is 11.3 Å². The molecule has 0 fully saturated rings. The van der Waals surface area contributed by atoms with Gasteiger partial charge in [-0.1, -0.05) is 11.6 Å². The van der Waals surface area contributed by atoms with Crippen LogP contribution < -0.4 is 21.5 Å². The summed E-state index contributed by atoms with van der Waals surface area (Å²) in [5, 5.41) is 18.5. The fourth-order valence-electron chi connectivity index (χ4n) is 2.56. The van der Waals surface area contributed by atoms with Gasteiger partial charge in [-0.05, 0) is 18.9 Å². The average Bonchev–Trinajstić information content (AvgIpc) is 2.98. The molecular formula is C18H18BrClN2O4. The van der Waals surface area contributed by atoms with E-state index in [-0.39, 0.29) is 34.2 Å². The Kier molecular flexibility index (Phi) is 6.99. The van der Waals surface area contributed by atoms with Crippen molar-refractivity contribution in [1.82, 2.24) is 4.98 Å². The number of carboxylic acids is 1. The zero-order chi connectivity index (χ0) is 17.8. The van der Waals surface area contributed by atoms with E-state index in [0.717, 1.165) is 24.9 Å². The summed E-state index contributed by atoms with van der Waals surface area (Å²) in [5.41, 5.74) is 1.90. The van der Waals surface area contributed by atoms with Gasteiger partial charge in [0.05, 0.1) is 5.02 Å². The van der Waals surface area contributed by atoms with Gasteiger partial charge in [0.1, 0.15) is 17.8 Å². The maximum absolute atomic E-state index is 10.5. The predicted octanol–water partition coefficient (Wildman–Crippen LogP) is 0.790. The van der Waals surface area contributed by atoms with Gasteiger partial charge in [0.2, 0.25) is 5.89 Å². The first-order valence-corrected chi connectivity index (χ1v) is 8.41. The minimum Gasteiger partial charge on any atom is -1.00 e. The first-order valence-electron chi connectivity index (χ1n) is 8.03. The van der Waals surface area contributed by atoms with Crippen LogP contribution in [0.25, 0.3) is 22.6 Å². The van der Waals surface area contributed by atoms with Crippen LogP contribution >= 0.6 is 11.6 Å². The SMILES string of the molecule is O=C(O)CCCCC[n+]1ccc(-c2nc3cc(Cl)c(O)cc3o2)cc1.[Br-]. The highest BCUT2D eigenvalue weighted by atomic mass is 79.9. The van der Waals surface area contributed by atoms with E-state index in [2.05, 4.69) is 4.98 Å². The van der Waals surface area contributed by atoms with Crippen LogP contribution in [-0.4, -0.2) is 21.2 Å². The summed E-state index contributed by atoms with van der Waals surface area (Å²) in [7, 11) is 0. The van der Waals surface area contributed by atoms with Gasteiger partial charge in [-0.15, -0.1) is 0 Å². The molecule has 0 aliphatic heterocycles. The maximum atomic E-state index is 10.5. The normalized spacial score (nSPS) is 10.7. The number of fused-ring (bicyclic) bond motifs is 1. The van der Waals surface area contributed by atoms with E-state index >= 15 is 0 Å². The van der Waals surface area contributed by atoms with Crippen molar-refractivity contribution >= 4 is 28.7 Å². The minimum atomic E-state index is -0.745. The molecule has 0 unspecified atom stereocenters. The number of phenolic OH excluding ortho intramolecular Hbond substituents is 1. The second kappa shape index (κ2) is 9.00. The lowest BCUT2D eigenvalue weighted by Crippen LogP contribution is -3.00. The van der Waals surface area contributed by atoms with Crippen LogP contribution in [0.1, 0.15) is 25.7 Å². The van der Waals surface area contributed by atoms with E-state index < -0.39 is 5.97 Å². The summed E-state index contributed by atoms with van der Waals surface area (Å²) >= 11 is 5.88. The Bertz CT molecular complexity index is 857. The number of nitrogens with zero attached hydrogens (tertiary/aromatic N) is 2. The van der Waals surface area contributed by atoms with Crippen molar-refractivity contribution in [3.63, 3.8) is 0 Å².